The van der Waals surface area contributed by atoms with Gasteiger partial charge in [-0.05, 0) is 38.8 Å². The van der Waals surface area contributed by atoms with E-state index in [1.807, 2.05) is 13.8 Å². The Morgan fingerprint density at radius 2 is 2.05 bits per heavy atom. The number of nitrogens with zero attached hydrogens (tertiary/aromatic N) is 1. The van der Waals surface area contributed by atoms with Gasteiger partial charge in [0.15, 0.2) is 0 Å². The summed E-state index contributed by atoms with van der Waals surface area (Å²) in [7, 11) is 0. The monoisotopic (exact) mass is 291 g/mol. The SMILES string of the molecule is CC(C)NC(=O)c1cccc(C(=O)NCC2CCCO2)n1. The second-order valence-corrected chi connectivity index (χ2v) is 5.38. The van der Waals surface area contributed by atoms with Crippen LogP contribution in [0.15, 0.2) is 18.2 Å². The second kappa shape index (κ2) is 7.17. The summed E-state index contributed by atoms with van der Waals surface area (Å²) in [6.07, 6.45) is 2.08. The summed E-state index contributed by atoms with van der Waals surface area (Å²) in [4.78, 5) is 28.0. The van der Waals surface area contributed by atoms with Gasteiger partial charge in [-0.15, -0.1) is 0 Å². The third-order valence-corrected chi connectivity index (χ3v) is 3.15. The minimum absolute atomic E-state index is 0.0244. The number of amides is 2. The Morgan fingerprint density at radius 3 is 2.67 bits per heavy atom. The maximum atomic E-state index is 12.0. The topological polar surface area (TPSA) is 80.3 Å². The highest BCUT2D eigenvalue weighted by Gasteiger charge is 2.18. The molecule has 1 aromatic heterocycles. The first kappa shape index (κ1) is 15.4. The van der Waals surface area contributed by atoms with Gasteiger partial charge in [0.25, 0.3) is 11.8 Å². The number of rotatable bonds is 5. The number of hydrogen-bond donors (Lipinski definition) is 2. The van der Waals surface area contributed by atoms with Crippen LogP contribution in [0, 0.1) is 0 Å². The van der Waals surface area contributed by atoms with Crippen LogP contribution in [0.2, 0.25) is 0 Å². The molecule has 0 saturated carbocycles. The van der Waals surface area contributed by atoms with Crippen molar-refractivity contribution in [2.75, 3.05) is 13.2 Å². The van der Waals surface area contributed by atoms with Crippen LogP contribution in [0.4, 0.5) is 0 Å². The van der Waals surface area contributed by atoms with Crippen LogP contribution in [-0.2, 0) is 4.74 Å². The lowest BCUT2D eigenvalue weighted by molar-refractivity contribution is 0.0853. The summed E-state index contributed by atoms with van der Waals surface area (Å²) in [6, 6.07) is 4.87. The third kappa shape index (κ3) is 4.53. The van der Waals surface area contributed by atoms with E-state index in [0.29, 0.717) is 6.54 Å². The van der Waals surface area contributed by atoms with Crippen LogP contribution in [0.5, 0.6) is 0 Å². The molecule has 1 saturated heterocycles. The van der Waals surface area contributed by atoms with E-state index in [9.17, 15) is 9.59 Å². The molecule has 0 bridgehead atoms. The summed E-state index contributed by atoms with van der Waals surface area (Å²) in [6.45, 7) is 4.97. The zero-order valence-electron chi connectivity index (χ0n) is 12.4. The fraction of sp³-hybridized carbons (Fsp3) is 0.533. The van der Waals surface area contributed by atoms with Gasteiger partial charge in [-0.2, -0.15) is 0 Å². The average Bonchev–Trinajstić information content (AvgIpc) is 2.97. The molecule has 0 aliphatic carbocycles. The van der Waals surface area contributed by atoms with Crippen molar-refractivity contribution in [2.45, 2.75) is 38.8 Å². The van der Waals surface area contributed by atoms with Crippen molar-refractivity contribution >= 4 is 11.8 Å². The van der Waals surface area contributed by atoms with Crippen molar-refractivity contribution in [1.29, 1.82) is 0 Å². The maximum absolute atomic E-state index is 12.0. The van der Waals surface area contributed by atoms with E-state index in [1.165, 1.54) is 0 Å². The lowest BCUT2D eigenvalue weighted by atomic mass is 10.2. The van der Waals surface area contributed by atoms with E-state index < -0.39 is 0 Å². The van der Waals surface area contributed by atoms with Crippen molar-refractivity contribution in [1.82, 2.24) is 15.6 Å². The largest absolute Gasteiger partial charge is 0.376 e. The van der Waals surface area contributed by atoms with Crippen molar-refractivity contribution in [3.63, 3.8) is 0 Å². The van der Waals surface area contributed by atoms with Gasteiger partial charge in [-0.25, -0.2) is 4.98 Å². The molecule has 2 amide bonds. The first-order valence-corrected chi connectivity index (χ1v) is 7.24. The highest BCUT2D eigenvalue weighted by Crippen LogP contribution is 2.10. The van der Waals surface area contributed by atoms with Crippen LogP contribution in [0.3, 0.4) is 0 Å². The van der Waals surface area contributed by atoms with Crippen LogP contribution < -0.4 is 10.6 Å². The van der Waals surface area contributed by atoms with Gasteiger partial charge in [-0.1, -0.05) is 6.07 Å². The van der Waals surface area contributed by atoms with Crippen LogP contribution in [-0.4, -0.2) is 42.1 Å². The predicted octanol–water partition coefficient (Wildman–Crippen LogP) is 1.13. The quantitative estimate of drug-likeness (QED) is 0.852. The average molecular weight is 291 g/mol. The highest BCUT2D eigenvalue weighted by atomic mass is 16.5. The molecule has 114 valence electrons. The minimum atomic E-state index is -0.287. The number of ether oxygens (including phenoxy) is 1. The number of carbonyl (C=O) groups is 2. The molecule has 6 heteroatoms. The molecule has 1 aliphatic heterocycles. The van der Waals surface area contributed by atoms with Gasteiger partial charge in [0.2, 0.25) is 0 Å². The summed E-state index contributed by atoms with van der Waals surface area (Å²) >= 11 is 0. The van der Waals surface area contributed by atoms with Gasteiger partial charge < -0.3 is 15.4 Å². The molecule has 1 unspecified atom stereocenters. The van der Waals surface area contributed by atoms with Crippen molar-refractivity contribution < 1.29 is 14.3 Å². The summed E-state index contributed by atoms with van der Waals surface area (Å²) in [5, 5.41) is 5.54. The van der Waals surface area contributed by atoms with Gasteiger partial charge in [0.1, 0.15) is 11.4 Å². The molecule has 2 heterocycles. The smallest absolute Gasteiger partial charge is 0.270 e. The Morgan fingerprint density at radius 1 is 1.33 bits per heavy atom. The summed E-state index contributed by atoms with van der Waals surface area (Å²) < 4.78 is 5.45. The minimum Gasteiger partial charge on any atom is -0.376 e. The van der Waals surface area contributed by atoms with Gasteiger partial charge in [0.05, 0.1) is 6.10 Å². The number of hydrogen-bond acceptors (Lipinski definition) is 4. The molecule has 0 radical (unpaired) electrons. The van der Waals surface area contributed by atoms with E-state index in [1.54, 1.807) is 18.2 Å². The standard InChI is InChI=1S/C15H21N3O3/c1-10(2)17-15(20)13-7-3-6-12(18-13)14(19)16-9-11-5-4-8-21-11/h3,6-7,10-11H,4-5,8-9H2,1-2H3,(H,16,19)(H,17,20). The van der Waals surface area contributed by atoms with E-state index in [4.69, 9.17) is 4.74 Å². The summed E-state index contributed by atoms with van der Waals surface area (Å²) in [5.41, 5.74) is 0.484. The maximum Gasteiger partial charge on any atom is 0.270 e. The van der Waals surface area contributed by atoms with E-state index in [0.717, 1.165) is 19.4 Å². The summed E-state index contributed by atoms with van der Waals surface area (Å²) in [5.74, 6) is -0.566. The Labute approximate surface area is 124 Å². The fourth-order valence-corrected chi connectivity index (χ4v) is 2.13. The second-order valence-electron chi connectivity index (χ2n) is 5.38. The first-order chi connectivity index (χ1) is 10.1. The lowest BCUT2D eigenvalue weighted by Gasteiger charge is -2.11. The molecule has 2 rings (SSSR count). The van der Waals surface area contributed by atoms with Crippen LogP contribution >= 0.6 is 0 Å². The van der Waals surface area contributed by atoms with Gasteiger partial charge in [0, 0.05) is 19.2 Å². The fourth-order valence-electron chi connectivity index (χ4n) is 2.13. The number of nitrogens with one attached hydrogen (secondary N) is 2. The van der Waals surface area contributed by atoms with E-state index >= 15 is 0 Å². The Kier molecular flexibility index (Phi) is 5.27. The molecule has 1 aliphatic rings. The van der Waals surface area contributed by atoms with Gasteiger partial charge in [-0.3, -0.25) is 9.59 Å². The third-order valence-electron chi connectivity index (χ3n) is 3.15. The van der Waals surface area contributed by atoms with Crippen LogP contribution in [0.25, 0.3) is 0 Å². The number of pyridine rings is 1. The molecule has 0 aromatic carbocycles. The van der Waals surface area contributed by atoms with Crippen LogP contribution in [0.1, 0.15) is 47.7 Å². The van der Waals surface area contributed by atoms with Crippen molar-refractivity contribution in [3.05, 3.63) is 29.6 Å². The lowest BCUT2D eigenvalue weighted by Crippen LogP contribution is -2.33. The molecule has 1 aromatic rings. The Bertz CT molecular complexity index is 511. The molecule has 1 atom stereocenters. The van der Waals surface area contributed by atoms with Crippen molar-refractivity contribution in [3.8, 4) is 0 Å². The molecule has 1 fully saturated rings. The molecule has 6 nitrogen and oxygen atoms in total. The molecule has 0 spiro atoms. The molecule has 2 N–H and O–H groups in total. The molecule has 21 heavy (non-hydrogen) atoms. The van der Waals surface area contributed by atoms with Crippen molar-refractivity contribution in [2.24, 2.45) is 0 Å². The number of aromatic nitrogens is 1. The zero-order chi connectivity index (χ0) is 15.2. The van der Waals surface area contributed by atoms with E-state index in [2.05, 4.69) is 15.6 Å². The van der Waals surface area contributed by atoms with E-state index in [-0.39, 0.29) is 35.3 Å². The Balaban J connectivity index is 1.95. The predicted molar refractivity (Wildman–Crippen MR) is 78.1 cm³/mol. The molecular formula is C15H21N3O3. The normalized spacial score (nSPS) is 17.8. The Hall–Kier alpha value is -1.95. The molecular weight excluding hydrogens is 270 g/mol. The highest BCUT2D eigenvalue weighted by molar-refractivity contribution is 5.96. The first-order valence-electron chi connectivity index (χ1n) is 7.24. The number of carbonyl (C=O) groups excluding carboxylic acids is 2. The zero-order valence-corrected chi connectivity index (χ0v) is 12.4. The van der Waals surface area contributed by atoms with Gasteiger partial charge >= 0.3 is 0 Å².